The number of anilines is 2. The number of aromatic nitrogens is 1. The normalized spacial score (nSPS) is 14.2. The molecular formula is C27H29F3N4O4. The Hall–Kier alpha value is -4.12. The second-order valence-corrected chi connectivity index (χ2v) is 8.82. The number of amides is 1. The number of aromatic hydroxyl groups is 1. The number of phenols is 1. The number of aryl methyl sites for hydroxylation is 1. The summed E-state index contributed by atoms with van der Waals surface area (Å²) in [4.78, 5) is 30.7. The van der Waals surface area contributed by atoms with Crippen LogP contribution in [0.1, 0.15) is 27.9 Å². The summed E-state index contributed by atoms with van der Waals surface area (Å²) in [5, 5.41) is 19.8. The first-order valence-electron chi connectivity index (χ1n) is 11.9. The number of nitrogens with one attached hydrogen (secondary N) is 1. The van der Waals surface area contributed by atoms with Crippen LogP contribution in [-0.2, 0) is 11.3 Å². The molecule has 1 aliphatic heterocycles. The Morgan fingerprint density at radius 1 is 1.00 bits per heavy atom. The molecule has 11 heteroatoms. The van der Waals surface area contributed by atoms with Crippen LogP contribution in [0.5, 0.6) is 5.75 Å². The van der Waals surface area contributed by atoms with E-state index in [9.17, 15) is 23.1 Å². The number of carboxylic acid groups (broad SMARTS) is 1. The first-order valence-corrected chi connectivity index (χ1v) is 11.9. The Bertz CT molecular complexity index is 1250. The second kappa shape index (κ2) is 12.9. The van der Waals surface area contributed by atoms with Gasteiger partial charge in [-0.3, -0.25) is 9.69 Å². The molecule has 38 heavy (non-hydrogen) atoms. The quantitative estimate of drug-likeness (QED) is 0.439. The molecule has 3 N–H and O–H groups in total. The monoisotopic (exact) mass is 530 g/mol. The van der Waals surface area contributed by atoms with Crippen LogP contribution >= 0.6 is 0 Å². The molecule has 1 fully saturated rings. The van der Waals surface area contributed by atoms with Crippen molar-refractivity contribution < 1.29 is 33.0 Å². The lowest BCUT2D eigenvalue weighted by atomic mass is 10.1. The number of hydrogen-bond donors (Lipinski definition) is 3. The maximum atomic E-state index is 12.6. The van der Waals surface area contributed by atoms with Crippen LogP contribution in [-0.4, -0.2) is 64.3 Å². The molecule has 8 nitrogen and oxygen atoms in total. The van der Waals surface area contributed by atoms with Gasteiger partial charge >= 0.3 is 12.1 Å². The van der Waals surface area contributed by atoms with Crippen molar-refractivity contribution in [3.8, 4) is 5.75 Å². The topological polar surface area (TPSA) is 106 Å². The lowest BCUT2D eigenvalue weighted by molar-refractivity contribution is -0.192. The smallest absolute Gasteiger partial charge is 0.490 e. The van der Waals surface area contributed by atoms with Crippen LogP contribution in [0.15, 0.2) is 66.9 Å². The number of phenolic OH excluding ortho intramolecular Hbond substituents is 1. The molecule has 202 valence electrons. The van der Waals surface area contributed by atoms with Crippen LogP contribution in [0.4, 0.5) is 24.7 Å². The van der Waals surface area contributed by atoms with E-state index in [1.165, 1.54) is 0 Å². The number of aliphatic carboxylic acids is 1. The molecule has 3 aromatic rings. The van der Waals surface area contributed by atoms with Gasteiger partial charge in [0.05, 0.1) is 0 Å². The molecule has 4 rings (SSSR count). The van der Waals surface area contributed by atoms with Gasteiger partial charge in [-0.25, -0.2) is 9.78 Å². The highest BCUT2D eigenvalue weighted by Gasteiger charge is 2.38. The van der Waals surface area contributed by atoms with Crippen molar-refractivity contribution >= 4 is 23.4 Å². The van der Waals surface area contributed by atoms with Gasteiger partial charge in [0, 0.05) is 56.2 Å². The van der Waals surface area contributed by atoms with E-state index in [0.717, 1.165) is 61.8 Å². The number of nitrogens with zero attached hydrogens (tertiary/aromatic N) is 3. The van der Waals surface area contributed by atoms with Gasteiger partial charge in [-0.05, 0) is 49.2 Å². The zero-order valence-electron chi connectivity index (χ0n) is 20.8. The Morgan fingerprint density at radius 3 is 2.42 bits per heavy atom. The van der Waals surface area contributed by atoms with Gasteiger partial charge in [0.15, 0.2) is 0 Å². The minimum absolute atomic E-state index is 0.117. The summed E-state index contributed by atoms with van der Waals surface area (Å²) in [5.41, 5.74) is 3.57. The van der Waals surface area contributed by atoms with Gasteiger partial charge < -0.3 is 20.4 Å². The zero-order valence-corrected chi connectivity index (χ0v) is 20.8. The third-order valence-corrected chi connectivity index (χ3v) is 5.76. The standard InChI is InChI=1S/C25H28N4O2.C2HF3O2/c1-19-5-2-7-21(15-19)25(31)27-22-9-10-26-24(17-22)29-12-4-11-28(13-14-29)18-20-6-3-8-23(30)16-20;3-2(4,5)1(6)7/h2-3,5-10,15-17,30H,4,11-14,18H2,1H3,(H,26,27,31);(H,6,7). The van der Waals surface area contributed by atoms with Gasteiger partial charge in [0.1, 0.15) is 11.6 Å². The highest BCUT2D eigenvalue weighted by Crippen LogP contribution is 2.20. The van der Waals surface area contributed by atoms with E-state index in [1.807, 2.05) is 61.5 Å². The Labute approximate surface area is 218 Å². The number of rotatable bonds is 5. The fraction of sp³-hybridized carbons (Fsp3) is 0.296. The number of carboxylic acids is 1. The molecule has 2 heterocycles. The Kier molecular flexibility index (Phi) is 9.66. The fourth-order valence-electron chi connectivity index (χ4n) is 3.93. The van der Waals surface area contributed by atoms with Crippen molar-refractivity contribution in [1.82, 2.24) is 9.88 Å². The maximum Gasteiger partial charge on any atom is 0.490 e. The number of carbonyl (C=O) groups is 2. The second-order valence-electron chi connectivity index (χ2n) is 8.82. The summed E-state index contributed by atoms with van der Waals surface area (Å²) in [5.74, 6) is -1.69. The summed E-state index contributed by atoms with van der Waals surface area (Å²) in [7, 11) is 0. The minimum atomic E-state index is -5.08. The number of alkyl halides is 3. The first-order chi connectivity index (χ1) is 18.0. The molecule has 0 radical (unpaired) electrons. The molecule has 2 aromatic carbocycles. The van der Waals surface area contributed by atoms with E-state index in [2.05, 4.69) is 20.1 Å². The van der Waals surface area contributed by atoms with Gasteiger partial charge in [-0.2, -0.15) is 13.2 Å². The van der Waals surface area contributed by atoms with E-state index in [4.69, 9.17) is 9.90 Å². The van der Waals surface area contributed by atoms with E-state index >= 15 is 0 Å². The van der Waals surface area contributed by atoms with Gasteiger partial charge in [0.25, 0.3) is 5.91 Å². The van der Waals surface area contributed by atoms with Crippen molar-refractivity contribution in [2.24, 2.45) is 0 Å². The molecule has 0 unspecified atom stereocenters. The predicted octanol–water partition coefficient (Wildman–Crippen LogP) is 4.69. The highest BCUT2D eigenvalue weighted by atomic mass is 19.4. The van der Waals surface area contributed by atoms with Crippen LogP contribution in [0.2, 0.25) is 0 Å². The maximum absolute atomic E-state index is 12.6. The average Bonchev–Trinajstić information content (AvgIpc) is 3.10. The predicted molar refractivity (Wildman–Crippen MR) is 137 cm³/mol. The summed E-state index contributed by atoms with van der Waals surface area (Å²) in [6.45, 7) is 6.49. The van der Waals surface area contributed by atoms with E-state index in [-0.39, 0.29) is 5.91 Å². The summed E-state index contributed by atoms with van der Waals surface area (Å²) < 4.78 is 31.7. The van der Waals surface area contributed by atoms with Crippen molar-refractivity contribution in [2.45, 2.75) is 26.1 Å². The zero-order chi connectivity index (χ0) is 27.7. The number of pyridine rings is 1. The number of hydrogen-bond acceptors (Lipinski definition) is 6. The van der Waals surface area contributed by atoms with Gasteiger partial charge in [-0.1, -0.05) is 29.8 Å². The van der Waals surface area contributed by atoms with E-state index in [1.54, 1.807) is 12.3 Å². The third kappa shape index (κ3) is 8.77. The van der Waals surface area contributed by atoms with Gasteiger partial charge in [-0.15, -0.1) is 0 Å². The molecule has 0 atom stereocenters. The van der Waals surface area contributed by atoms with Gasteiger partial charge in [0.2, 0.25) is 0 Å². The molecule has 0 spiro atoms. The largest absolute Gasteiger partial charge is 0.508 e. The molecule has 0 aliphatic carbocycles. The summed E-state index contributed by atoms with van der Waals surface area (Å²) >= 11 is 0. The lowest BCUT2D eigenvalue weighted by Gasteiger charge is -2.23. The number of carbonyl (C=O) groups excluding carboxylic acids is 1. The van der Waals surface area contributed by atoms with E-state index < -0.39 is 12.1 Å². The molecule has 1 amide bonds. The van der Waals surface area contributed by atoms with Crippen molar-refractivity contribution in [3.63, 3.8) is 0 Å². The van der Waals surface area contributed by atoms with Crippen molar-refractivity contribution in [3.05, 3.63) is 83.6 Å². The van der Waals surface area contributed by atoms with Crippen molar-refractivity contribution in [2.75, 3.05) is 36.4 Å². The Morgan fingerprint density at radius 2 is 1.74 bits per heavy atom. The number of benzene rings is 2. The average molecular weight is 531 g/mol. The fourth-order valence-corrected chi connectivity index (χ4v) is 3.93. The van der Waals surface area contributed by atoms with Crippen LogP contribution in [0.25, 0.3) is 0 Å². The summed E-state index contributed by atoms with van der Waals surface area (Å²) in [6, 6.07) is 18.8. The van der Waals surface area contributed by atoms with Crippen LogP contribution in [0.3, 0.4) is 0 Å². The molecule has 1 saturated heterocycles. The number of halogens is 3. The molecular weight excluding hydrogens is 501 g/mol. The molecule has 1 aromatic heterocycles. The summed E-state index contributed by atoms with van der Waals surface area (Å²) in [6.07, 6.45) is -2.31. The molecule has 0 bridgehead atoms. The first kappa shape index (κ1) is 28.5. The lowest BCUT2D eigenvalue weighted by Crippen LogP contribution is -2.31. The van der Waals surface area contributed by atoms with Crippen LogP contribution < -0.4 is 10.2 Å². The third-order valence-electron chi connectivity index (χ3n) is 5.76. The van der Waals surface area contributed by atoms with Crippen LogP contribution in [0, 0.1) is 6.92 Å². The highest BCUT2D eigenvalue weighted by molar-refractivity contribution is 6.04. The van der Waals surface area contributed by atoms with E-state index in [0.29, 0.717) is 11.3 Å². The molecule has 0 saturated carbocycles. The molecule has 1 aliphatic rings. The SMILES string of the molecule is Cc1cccc(C(=O)Nc2ccnc(N3CCCN(Cc4cccc(O)c4)CC3)c2)c1.O=C(O)C(F)(F)F. The van der Waals surface area contributed by atoms with Crippen molar-refractivity contribution in [1.29, 1.82) is 0 Å². The minimum Gasteiger partial charge on any atom is -0.508 e. The Balaban J connectivity index is 0.000000505.